The maximum Gasteiger partial charge on any atom is 0.127 e. The highest BCUT2D eigenvalue weighted by atomic mass is 16.5. The van der Waals surface area contributed by atoms with Gasteiger partial charge < -0.3 is 15.4 Å². The lowest BCUT2D eigenvalue weighted by molar-refractivity contribution is 0.460. The van der Waals surface area contributed by atoms with Crippen molar-refractivity contribution in [3.63, 3.8) is 0 Å². The largest absolute Gasteiger partial charge is 0.457 e. The maximum absolute atomic E-state index is 5.86. The molecule has 3 aromatic rings. The predicted molar refractivity (Wildman–Crippen MR) is 105 cm³/mol. The molecule has 0 bridgehead atoms. The molecule has 3 heteroatoms. The van der Waals surface area contributed by atoms with Gasteiger partial charge in [-0.1, -0.05) is 60.7 Å². The number of hydrogen-bond acceptors (Lipinski definition) is 3. The van der Waals surface area contributed by atoms with Crippen LogP contribution < -0.4 is 15.4 Å². The van der Waals surface area contributed by atoms with E-state index in [1.165, 1.54) is 11.1 Å². The summed E-state index contributed by atoms with van der Waals surface area (Å²) in [7, 11) is 0. The Bertz CT molecular complexity index is 803. The number of ether oxygens (including phenoxy) is 1. The maximum atomic E-state index is 5.86. The van der Waals surface area contributed by atoms with E-state index in [2.05, 4.69) is 53.1 Å². The molecular formula is C23H24N2O. The van der Waals surface area contributed by atoms with E-state index in [-0.39, 0.29) is 0 Å². The normalized spacial score (nSPS) is 19.4. The summed E-state index contributed by atoms with van der Waals surface area (Å²) in [6.45, 7) is 1.92. The van der Waals surface area contributed by atoms with Gasteiger partial charge in [-0.15, -0.1) is 0 Å². The Morgan fingerprint density at radius 3 is 2.19 bits per heavy atom. The van der Waals surface area contributed by atoms with Crippen molar-refractivity contribution < 1.29 is 4.74 Å². The van der Waals surface area contributed by atoms with Crippen LogP contribution in [0.5, 0.6) is 11.5 Å². The zero-order valence-corrected chi connectivity index (χ0v) is 14.8. The zero-order valence-electron chi connectivity index (χ0n) is 14.8. The predicted octanol–water partition coefficient (Wildman–Crippen LogP) is 4.67. The first kappa shape index (κ1) is 16.8. The smallest absolute Gasteiger partial charge is 0.127 e. The van der Waals surface area contributed by atoms with Gasteiger partial charge in [0.2, 0.25) is 0 Å². The van der Waals surface area contributed by atoms with Crippen LogP contribution in [-0.4, -0.2) is 12.6 Å². The fourth-order valence-corrected chi connectivity index (χ4v) is 3.48. The molecule has 1 aliphatic heterocycles. The zero-order chi connectivity index (χ0) is 17.6. The standard InChI is InChI=1S/C23H24N2O/c1-3-7-19(8-4-1)23-22(15-16-24-23)25-17-18-11-13-21(14-12-18)26-20-9-5-2-6-10-20/h1-14,22-25H,15-17H2/t22-,23-/m0/s1. The van der Waals surface area contributed by atoms with E-state index in [4.69, 9.17) is 4.74 Å². The molecule has 0 amide bonds. The van der Waals surface area contributed by atoms with Crippen molar-refractivity contribution in [1.82, 2.24) is 10.6 Å². The van der Waals surface area contributed by atoms with E-state index in [9.17, 15) is 0 Å². The molecule has 0 saturated carbocycles. The first-order chi connectivity index (χ1) is 12.9. The van der Waals surface area contributed by atoms with E-state index in [1.54, 1.807) is 0 Å². The Morgan fingerprint density at radius 2 is 1.46 bits per heavy atom. The summed E-state index contributed by atoms with van der Waals surface area (Å²) in [4.78, 5) is 0. The van der Waals surface area contributed by atoms with Crippen molar-refractivity contribution in [2.45, 2.75) is 25.0 Å². The van der Waals surface area contributed by atoms with Crippen molar-refractivity contribution in [2.75, 3.05) is 6.54 Å². The van der Waals surface area contributed by atoms with Crippen molar-refractivity contribution in [3.8, 4) is 11.5 Å². The topological polar surface area (TPSA) is 33.3 Å². The van der Waals surface area contributed by atoms with Gasteiger partial charge in [-0.05, 0) is 48.4 Å². The van der Waals surface area contributed by atoms with Crippen LogP contribution in [-0.2, 0) is 6.54 Å². The van der Waals surface area contributed by atoms with Crippen molar-refractivity contribution in [1.29, 1.82) is 0 Å². The van der Waals surface area contributed by atoms with E-state index in [0.29, 0.717) is 12.1 Å². The minimum Gasteiger partial charge on any atom is -0.457 e. The molecule has 1 saturated heterocycles. The van der Waals surface area contributed by atoms with Crippen LogP contribution in [0.15, 0.2) is 84.9 Å². The van der Waals surface area contributed by atoms with E-state index in [1.807, 2.05) is 42.5 Å². The molecule has 0 radical (unpaired) electrons. The fourth-order valence-electron chi connectivity index (χ4n) is 3.48. The van der Waals surface area contributed by atoms with Crippen LogP contribution in [0.25, 0.3) is 0 Å². The van der Waals surface area contributed by atoms with Gasteiger partial charge in [0.25, 0.3) is 0 Å². The number of benzene rings is 3. The quantitative estimate of drug-likeness (QED) is 0.682. The van der Waals surface area contributed by atoms with Crippen LogP contribution in [0.1, 0.15) is 23.6 Å². The molecule has 0 unspecified atom stereocenters. The summed E-state index contributed by atoms with van der Waals surface area (Å²) in [5, 5.41) is 7.33. The molecule has 4 rings (SSSR count). The first-order valence-electron chi connectivity index (χ1n) is 9.22. The summed E-state index contributed by atoms with van der Waals surface area (Å²) in [6, 6.07) is 29.7. The molecule has 1 aliphatic rings. The highest BCUT2D eigenvalue weighted by Gasteiger charge is 2.27. The van der Waals surface area contributed by atoms with Crippen molar-refractivity contribution in [3.05, 3.63) is 96.1 Å². The van der Waals surface area contributed by atoms with Gasteiger partial charge in [0.1, 0.15) is 11.5 Å². The lowest BCUT2D eigenvalue weighted by Crippen LogP contribution is -2.33. The molecule has 0 spiro atoms. The van der Waals surface area contributed by atoms with Crippen LogP contribution >= 0.6 is 0 Å². The van der Waals surface area contributed by atoms with Gasteiger partial charge in [0.05, 0.1) is 0 Å². The van der Waals surface area contributed by atoms with Gasteiger partial charge in [0.15, 0.2) is 0 Å². The van der Waals surface area contributed by atoms with Crippen LogP contribution in [0.4, 0.5) is 0 Å². The first-order valence-corrected chi connectivity index (χ1v) is 9.22. The molecule has 0 aromatic heterocycles. The van der Waals surface area contributed by atoms with Crippen molar-refractivity contribution in [2.24, 2.45) is 0 Å². The van der Waals surface area contributed by atoms with Gasteiger partial charge in [-0.2, -0.15) is 0 Å². The van der Waals surface area contributed by atoms with Crippen molar-refractivity contribution >= 4 is 0 Å². The lowest BCUT2D eigenvalue weighted by Gasteiger charge is -2.21. The van der Waals surface area contributed by atoms with E-state index >= 15 is 0 Å². The SMILES string of the molecule is c1ccc(Oc2ccc(CN[C@H]3CCN[C@H]3c3ccccc3)cc2)cc1. The third kappa shape index (κ3) is 4.13. The second-order valence-corrected chi connectivity index (χ2v) is 6.68. The average molecular weight is 344 g/mol. The van der Waals surface area contributed by atoms with Crippen LogP contribution in [0.2, 0.25) is 0 Å². The molecule has 2 atom stereocenters. The number of para-hydroxylation sites is 1. The molecule has 132 valence electrons. The summed E-state index contributed by atoms with van der Waals surface area (Å²) < 4.78 is 5.86. The highest BCUT2D eigenvalue weighted by molar-refractivity contribution is 5.33. The monoisotopic (exact) mass is 344 g/mol. The molecule has 26 heavy (non-hydrogen) atoms. The molecule has 0 aliphatic carbocycles. The summed E-state index contributed by atoms with van der Waals surface area (Å²) in [5.74, 6) is 1.73. The average Bonchev–Trinajstić information content (AvgIpc) is 3.18. The van der Waals surface area contributed by atoms with Gasteiger partial charge in [-0.25, -0.2) is 0 Å². The second kappa shape index (κ2) is 8.17. The van der Waals surface area contributed by atoms with E-state index < -0.39 is 0 Å². The Morgan fingerprint density at radius 1 is 0.808 bits per heavy atom. The summed E-state index contributed by atoms with van der Waals surface area (Å²) in [5.41, 5.74) is 2.62. The third-order valence-electron chi connectivity index (χ3n) is 4.85. The highest BCUT2D eigenvalue weighted by Crippen LogP contribution is 2.24. The Hall–Kier alpha value is -2.62. The molecule has 1 fully saturated rings. The van der Waals surface area contributed by atoms with Gasteiger partial charge in [0, 0.05) is 18.6 Å². The molecule has 3 aromatic carbocycles. The van der Waals surface area contributed by atoms with Crippen LogP contribution in [0.3, 0.4) is 0 Å². The van der Waals surface area contributed by atoms with E-state index in [0.717, 1.165) is 31.0 Å². The molecule has 2 N–H and O–H groups in total. The number of rotatable bonds is 6. The number of nitrogens with one attached hydrogen (secondary N) is 2. The Labute approximate surface area is 155 Å². The fraction of sp³-hybridized carbons (Fsp3) is 0.217. The summed E-state index contributed by atoms with van der Waals surface area (Å²) in [6.07, 6.45) is 1.15. The molecule has 3 nitrogen and oxygen atoms in total. The molecule has 1 heterocycles. The van der Waals surface area contributed by atoms with Gasteiger partial charge in [-0.3, -0.25) is 0 Å². The summed E-state index contributed by atoms with van der Waals surface area (Å²) >= 11 is 0. The molecular weight excluding hydrogens is 320 g/mol. The minimum absolute atomic E-state index is 0.386. The lowest BCUT2D eigenvalue weighted by atomic mass is 10.0. The minimum atomic E-state index is 0.386. The number of hydrogen-bond donors (Lipinski definition) is 2. The van der Waals surface area contributed by atoms with Gasteiger partial charge >= 0.3 is 0 Å². The Kier molecular flexibility index (Phi) is 5.29. The second-order valence-electron chi connectivity index (χ2n) is 6.68. The third-order valence-corrected chi connectivity index (χ3v) is 4.85. The van der Waals surface area contributed by atoms with Crippen LogP contribution in [0, 0.1) is 0 Å². The Balaban J connectivity index is 1.34.